The van der Waals surface area contributed by atoms with E-state index >= 15 is 0 Å². The molecule has 0 unspecified atom stereocenters. The smallest absolute Gasteiger partial charge is 0.289 e. The Morgan fingerprint density at radius 3 is 2.69 bits per heavy atom. The number of nitrogens with one attached hydrogen (secondary N) is 1. The van der Waals surface area contributed by atoms with E-state index in [2.05, 4.69) is 22.1 Å². The molecule has 1 N–H and O–H groups in total. The zero-order chi connectivity index (χ0) is 20.5. The lowest BCUT2D eigenvalue weighted by Gasteiger charge is -2.36. The maximum atomic E-state index is 12.4. The highest BCUT2D eigenvalue weighted by Gasteiger charge is 2.25. The number of hydrogen-bond acceptors (Lipinski definition) is 5. The number of hydrogen-bond donors (Lipinski definition) is 1. The summed E-state index contributed by atoms with van der Waals surface area (Å²) in [6.45, 7) is 8.70. The average molecular weight is 399 g/mol. The molecule has 2 aromatic heterocycles. The van der Waals surface area contributed by atoms with Crippen molar-refractivity contribution in [3.63, 3.8) is 0 Å². The molecule has 3 heterocycles. The third kappa shape index (κ3) is 5.49. The van der Waals surface area contributed by atoms with Crippen molar-refractivity contribution in [1.82, 2.24) is 20.1 Å². The number of furan rings is 1. The molecule has 2 aromatic rings. The van der Waals surface area contributed by atoms with E-state index in [1.807, 2.05) is 24.0 Å². The van der Waals surface area contributed by atoms with Crippen molar-refractivity contribution in [3.8, 4) is 5.88 Å². The Balaban J connectivity index is 1.62. The van der Waals surface area contributed by atoms with Gasteiger partial charge in [-0.05, 0) is 31.5 Å². The first-order valence-corrected chi connectivity index (χ1v) is 10.2. The molecule has 8 nitrogen and oxygen atoms in total. The molecular formula is C21H29N5O3. The Morgan fingerprint density at radius 2 is 2.00 bits per heavy atom. The van der Waals surface area contributed by atoms with Crippen molar-refractivity contribution in [2.24, 2.45) is 4.99 Å². The zero-order valence-electron chi connectivity index (χ0n) is 17.1. The van der Waals surface area contributed by atoms with Gasteiger partial charge in [0.15, 0.2) is 11.7 Å². The third-order valence-electron chi connectivity index (χ3n) is 4.63. The molecule has 1 aliphatic rings. The number of aliphatic imine (C=N–C) groups is 1. The number of amides is 1. The summed E-state index contributed by atoms with van der Waals surface area (Å²) >= 11 is 0. The molecular weight excluding hydrogens is 370 g/mol. The number of ether oxygens (including phenoxy) is 1. The summed E-state index contributed by atoms with van der Waals surface area (Å²) in [6.07, 6.45) is 4.19. The second-order valence-corrected chi connectivity index (χ2v) is 6.74. The van der Waals surface area contributed by atoms with Crippen LogP contribution in [0.15, 0.2) is 46.1 Å². The number of nitrogens with zero attached hydrogens (tertiary/aromatic N) is 4. The van der Waals surface area contributed by atoms with Crippen molar-refractivity contribution < 1.29 is 13.9 Å². The molecule has 0 radical (unpaired) electrons. The highest BCUT2D eigenvalue weighted by Crippen LogP contribution is 2.16. The lowest BCUT2D eigenvalue weighted by Crippen LogP contribution is -2.53. The fourth-order valence-corrected chi connectivity index (χ4v) is 3.14. The van der Waals surface area contributed by atoms with Crippen LogP contribution in [0, 0.1) is 0 Å². The summed E-state index contributed by atoms with van der Waals surface area (Å²) < 4.78 is 11.0. The third-order valence-corrected chi connectivity index (χ3v) is 4.63. The number of rotatable bonds is 7. The lowest BCUT2D eigenvalue weighted by molar-refractivity contribution is 0.0657. The summed E-state index contributed by atoms with van der Waals surface area (Å²) in [5, 5.41) is 3.35. The van der Waals surface area contributed by atoms with Crippen LogP contribution in [0.4, 0.5) is 0 Å². The van der Waals surface area contributed by atoms with Crippen molar-refractivity contribution in [1.29, 1.82) is 0 Å². The van der Waals surface area contributed by atoms with Gasteiger partial charge in [-0.15, -0.1) is 0 Å². The summed E-state index contributed by atoms with van der Waals surface area (Å²) in [4.78, 5) is 25.6. The Bertz CT molecular complexity index is 798. The van der Waals surface area contributed by atoms with Crippen molar-refractivity contribution in [2.45, 2.75) is 26.8 Å². The molecule has 1 amide bonds. The number of aromatic nitrogens is 1. The fraction of sp³-hybridized carbons (Fsp3) is 0.476. The van der Waals surface area contributed by atoms with Crippen molar-refractivity contribution in [2.75, 3.05) is 39.3 Å². The Hall–Kier alpha value is -3.03. The highest BCUT2D eigenvalue weighted by atomic mass is 16.5. The van der Waals surface area contributed by atoms with E-state index < -0.39 is 0 Å². The standard InChI is InChI=1S/C21H29N5O3/c1-3-14-29-19-17(7-5-9-23-19)16-24-21(22-4-2)26-12-10-25(11-13-26)20(27)18-8-6-15-28-18/h5-9,15H,3-4,10-14,16H2,1-2H3,(H,22,24). The molecule has 0 aliphatic carbocycles. The normalized spacial score (nSPS) is 14.8. The molecule has 8 heteroatoms. The first-order valence-electron chi connectivity index (χ1n) is 10.2. The van der Waals surface area contributed by atoms with Crippen LogP contribution in [0.3, 0.4) is 0 Å². The first-order chi connectivity index (χ1) is 14.2. The van der Waals surface area contributed by atoms with E-state index in [0.717, 1.165) is 24.5 Å². The van der Waals surface area contributed by atoms with Crippen LogP contribution in [0.5, 0.6) is 5.88 Å². The van der Waals surface area contributed by atoms with Crippen LogP contribution < -0.4 is 10.1 Å². The summed E-state index contributed by atoms with van der Waals surface area (Å²) in [7, 11) is 0. The lowest BCUT2D eigenvalue weighted by atomic mass is 10.2. The zero-order valence-corrected chi connectivity index (χ0v) is 17.1. The largest absolute Gasteiger partial charge is 0.477 e. The van der Waals surface area contributed by atoms with Gasteiger partial charge in [0.1, 0.15) is 0 Å². The minimum atomic E-state index is -0.0651. The van der Waals surface area contributed by atoms with Crippen LogP contribution >= 0.6 is 0 Å². The molecule has 1 aliphatic heterocycles. The average Bonchev–Trinajstić information content (AvgIpc) is 3.30. The molecule has 1 saturated heterocycles. The molecule has 0 saturated carbocycles. The van der Waals surface area contributed by atoms with Gasteiger partial charge in [0.2, 0.25) is 5.88 Å². The molecule has 1 fully saturated rings. The topological polar surface area (TPSA) is 83.2 Å². The fourth-order valence-electron chi connectivity index (χ4n) is 3.14. The molecule has 0 aromatic carbocycles. The quantitative estimate of drug-likeness (QED) is 0.569. The monoisotopic (exact) mass is 399 g/mol. The van der Waals surface area contributed by atoms with Gasteiger partial charge in [-0.3, -0.25) is 4.79 Å². The number of piperazine rings is 1. The number of carbonyl (C=O) groups excluding carboxylic acids is 1. The van der Waals surface area contributed by atoms with Crippen LogP contribution in [0.1, 0.15) is 36.4 Å². The molecule has 29 heavy (non-hydrogen) atoms. The number of carbonyl (C=O) groups is 1. The minimum absolute atomic E-state index is 0.0651. The summed E-state index contributed by atoms with van der Waals surface area (Å²) in [6, 6.07) is 7.32. The minimum Gasteiger partial charge on any atom is -0.477 e. The van der Waals surface area contributed by atoms with E-state index in [0.29, 0.717) is 51.0 Å². The molecule has 0 atom stereocenters. The van der Waals surface area contributed by atoms with E-state index in [-0.39, 0.29) is 5.91 Å². The van der Waals surface area contributed by atoms with Gasteiger partial charge in [-0.2, -0.15) is 0 Å². The van der Waals surface area contributed by atoms with Gasteiger partial charge in [0.25, 0.3) is 5.91 Å². The van der Waals surface area contributed by atoms with Gasteiger partial charge >= 0.3 is 0 Å². The van der Waals surface area contributed by atoms with Gasteiger partial charge < -0.3 is 24.3 Å². The maximum absolute atomic E-state index is 12.4. The first kappa shape index (κ1) is 20.7. The summed E-state index contributed by atoms with van der Waals surface area (Å²) in [5.41, 5.74) is 0.961. The van der Waals surface area contributed by atoms with Gasteiger partial charge in [0, 0.05) is 44.5 Å². The van der Waals surface area contributed by atoms with E-state index in [4.69, 9.17) is 14.1 Å². The van der Waals surface area contributed by atoms with Crippen LogP contribution in [0.2, 0.25) is 0 Å². The van der Waals surface area contributed by atoms with Crippen molar-refractivity contribution >= 4 is 11.9 Å². The molecule has 156 valence electrons. The predicted molar refractivity (Wildman–Crippen MR) is 111 cm³/mol. The molecule has 0 bridgehead atoms. The van der Waals surface area contributed by atoms with Crippen LogP contribution in [-0.4, -0.2) is 66.0 Å². The summed E-state index contributed by atoms with van der Waals surface area (Å²) in [5.74, 6) is 1.80. The number of pyridine rings is 1. The Morgan fingerprint density at radius 1 is 1.21 bits per heavy atom. The van der Waals surface area contributed by atoms with Gasteiger partial charge in [-0.25, -0.2) is 9.98 Å². The molecule has 0 spiro atoms. The van der Waals surface area contributed by atoms with E-state index in [9.17, 15) is 4.79 Å². The second-order valence-electron chi connectivity index (χ2n) is 6.74. The van der Waals surface area contributed by atoms with Crippen molar-refractivity contribution in [3.05, 3.63) is 48.0 Å². The van der Waals surface area contributed by atoms with E-state index in [1.165, 1.54) is 6.26 Å². The SMILES string of the molecule is CCCOc1ncccc1CN=C(NCC)N1CCN(C(=O)c2ccco2)CC1. The maximum Gasteiger partial charge on any atom is 0.289 e. The Labute approximate surface area is 171 Å². The van der Waals surface area contributed by atoms with E-state index in [1.54, 1.807) is 18.3 Å². The van der Waals surface area contributed by atoms with Crippen LogP contribution in [0.25, 0.3) is 0 Å². The molecule has 3 rings (SSSR count). The predicted octanol–water partition coefficient (Wildman–Crippen LogP) is 2.39. The van der Waals surface area contributed by atoms with Crippen LogP contribution in [-0.2, 0) is 6.54 Å². The Kier molecular flexibility index (Phi) is 7.49. The van der Waals surface area contributed by atoms with Gasteiger partial charge in [0.05, 0.1) is 19.4 Å². The number of guanidine groups is 1. The second kappa shape index (κ2) is 10.5. The van der Waals surface area contributed by atoms with Gasteiger partial charge in [-0.1, -0.05) is 13.0 Å². The highest BCUT2D eigenvalue weighted by molar-refractivity contribution is 5.91.